The van der Waals surface area contributed by atoms with Crippen LogP contribution in [0.25, 0.3) is 0 Å². The fourth-order valence-electron chi connectivity index (χ4n) is 1.49. The van der Waals surface area contributed by atoms with Crippen LogP contribution in [0.3, 0.4) is 0 Å². The van der Waals surface area contributed by atoms with Gasteiger partial charge in [-0.25, -0.2) is 4.39 Å². The van der Waals surface area contributed by atoms with E-state index in [0.29, 0.717) is 5.69 Å². The molecule has 0 heterocycles. The van der Waals surface area contributed by atoms with E-state index in [9.17, 15) is 9.18 Å². The SMILES string of the molecule is O=C(CNCC1CC1)Nc1ccc(Cl)c(F)c1. The molecule has 0 atom stereocenters. The first-order chi connectivity index (χ1) is 8.15. The number of amides is 1. The molecule has 0 bridgehead atoms. The van der Waals surface area contributed by atoms with Gasteiger partial charge in [0.1, 0.15) is 5.82 Å². The van der Waals surface area contributed by atoms with Gasteiger partial charge in [-0.2, -0.15) is 0 Å². The van der Waals surface area contributed by atoms with Crippen molar-refractivity contribution in [3.63, 3.8) is 0 Å². The topological polar surface area (TPSA) is 41.1 Å². The predicted molar refractivity (Wildman–Crippen MR) is 65.6 cm³/mol. The van der Waals surface area contributed by atoms with Crippen LogP contribution < -0.4 is 10.6 Å². The van der Waals surface area contributed by atoms with Gasteiger partial charge in [0.15, 0.2) is 0 Å². The molecule has 2 N–H and O–H groups in total. The molecule has 0 radical (unpaired) electrons. The Hall–Kier alpha value is -1.13. The molecule has 0 saturated heterocycles. The highest BCUT2D eigenvalue weighted by Gasteiger charge is 2.20. The van der Waals surface area contributed by atoms with Crippen molar-refractivity contribution in [3.05, 3.63) is 29.0 Å². The van der Waals surface area contributed by atoms with Crippen LogP contribution in [-0.4, -0.2) is 19.0 Å². The summed E-state index contributed by atoms with van der Waals surface area (Å²) in [5, 5.41) is 5.72. The third-order valence-electron chi connectivity index (χ3n) is 2.62. The van der Waals surface area contributed by atoms with Gasteiger partial charge in [-0.1, -0.05) is 11.6 Å². The second-order valence-corrected chi connectivity index (χ2v) is 4.66. The average molecular weight is 257 g/mol. The van der Waals surface area contributed by atoms with E-state index in [0.717, 1.165) is 12.5 Å². The Bertz CT molecular complexity index is 421. The Morgan fingerprint density at radius 2 is 2.24 bits per heavy atom. The third-order valence-corrected chi connectivity index (χ3v) is 2.93. The zero-order valence-electron chi connectivity index (χ0n) is 9.30. The number of rotatable bonds is 5. The van der Waals surface area contributed by atoms with Crippen molar-refractivity contribution in [2.24, 2.45) is 5.92 Å². The fraction of sp³-hybridized carbons (Fsp3) is 0.417. The molecule has 3 nitrogen and oxygen atoms in total. The van der Waals surface area contributed by atoms with Gasteiger partial charge in [-0.3, -0.25) is 4.79 Å². The lowest BCUT2D eigenvalue weighted by atomic mass is 10.3. The summed E-state index contributed by atoms with van der Waals surface area (Å²) in [5.41, 5.74) is 0.421. The second-order valence-electron chi connectivity index (χ2n) is 4.25. The lowest BCUT2D eigenvalue weighted by Gasteiger charge is -2.06. The van der Waals surface area contributed by atoms with Crippen molar-refractivity contribution in [1.29, 1.82) is 0 Å². The zero-order chi connectivity index (χ0) is 12.3. The van der Waals surface area contributed by atoms with Gasteiger partial charge in [0.2, 0.25) is 5.91 Å². The first-order valence-corrected chi connectivity index (χ1v) is 5.98. The van der Waals surface area contributed by atoms with Gasteiger partial charge in [0.25, 0.3) is 0 Å². The molecule has 17 heavy (non-hydrogen) atoms. The van der Waals surface area contributed by atoms with Gasteiger partial charge in [-0.15, -0.1) is 0 Å². The van der Waals surface area contributed by atoms with Gasteiger partial charge in [-0.05, 0) is 43.5 Å². The summed E-state index contributed by atoms with van der Waals surface area (Å²) in [7, 11) is 0. The van der Waals surface area contributed by atoms with E-state index in [4.69, 9.17) is 11.6 Å². The molecule has 1 aliphatic rings. The standard InChI is InChI=1S/C12H14ClFN2O/c13-10-4-3-9(5-11(10)14)16-12(17)7-15-6-8-1-2-8/h3-5,8,15H,1-2,6-7H2,(H,16,17). The molecule has 1 fully saturated rings. The van der Waals surface area contributed by atoms with Crippen LogP contribution in [0.5, 0.6) is 0 Å². The quantitative estimate of drug-likeness (QED) is 0.850. The van der Waals surface area contributed by atoms with Gasteiger partial charge in [0.05, 0.1) is 11.6 Å². The average Bonchev–Trinajstić information content (AvgIpc) is 3.07. The molecule has 1 amide bonds. The monoisotopic (exact) mass is 256 g/mol. The highest BCUT2D eigenvalue weighted by molar-refractivity contribution is 6.30. The number of benzene rings is 1. The number of carbonyl (C=O) groups is 1. The maximum Gasteiger partial charge on any atom is 0.238 e. The molecule has 92 valence electrons. The Labute approximate surface area is 104 Å². The van der Waals surface area contributed by atoms with Crippen LogP contribution in [0.15, 0.2) is 18.2 Å². The molecule has 1 aromatic rings. The smallest absolute Gasteiger partial charge is 0.238 e. The van der Waals surface area contributed by atoms with Gasteiger partial charge in [0, 0.05) is 5.69 Å². The Morgan fingerprint density at radius 3 is 2.88 bits per heavy atom. The summed E-state index contributed by atoms with van der Waals surface area (Å²) >= 11 is 5.54. The van der Waals surface area contributed by atoms with Crippen molar-refractivity contribution in [2.45, 2.75) is 12.8 Å². The Kier molecular flexibility index (Phi) is 3.97. The molecule has 1 saturated carbocycles. The number of anilines is 1. The summed E-state index contributed by atoms with van der Waals surface area (Å²) in [6.45, 7) is 1.13. The maximum absolute atomic E-state index is 13.1. The lowest BCUT2D eigenvalue weighted by molar-refractivity contribution is -0.115. The van der Waals surface area contributed by atoms with Crippen molar-refractivity contribution in [1.82, 2.24) is 5.32 Å². The number of hydrogen-bond donors (Lipinski definition) is 2. The maximum atomic E-state index is 13.1. The lowest BCUT2D eigenvalue weighted by Crippen LogP contribution is -2.29. The molecule has 0 aromatic heterocycles. The second kappa shape index (κ2) is 5.47. The highest BCUT2D eigenvalue weighted by atomic mass is 35.5. The molecule has 5 heteroatoms. The van der Waals surface area contributed by atoms with E-state index >= 15 is 0 Å². The predicted octanol–water partition coefficient (Wildman–Crippen LogP) is 2.42. The van der Waals surface area contributed by atoms with Crippen LogP contribution in [0.2, 0.25) is 5.02 Å². The Morgan fingerprint density at radius 1 is 1.47 bits per heavy atom. The molecule has 1 aliphatic carbocycles. The van der Waals surface area contributed by atoms with Gasteiger partial charge < -0.3 is 10.6 Å². The minimum atomic E-state index is -0.532. The van der Waals surface area contributed by atoms with Crippen LogP contribution >= 0.6 is 11.6 Å². The molecule has 1 aromatic carbocycles. The minimum Gasteiger partial charge on any atom is -0.325 e. The van der Waals surface area contributed by atoms with Crippen LogP contribution in [-0.2, 0) is 4.79 Å². The molecular formula is C12H14ClFN2O. The molecule has 0 unspecified atom stereocenters. The van der Waals surface area contributed by atoms with E-state index in [-0.39, 0.29) is 17.5 Å². The molecule has 0 aliphatic heterocycles. The van der Waals surface area contributed by atoms with Crippen LogP contribution in [0.4, 0.5) is 10.1 Å². The van der Waals surface area contributed by atoms with E-state index in [2.05, 4.69) is 10.6 Å². The first-order valence-electron chi connectivity index (χ1n) is 5.61. The van der Waals surface area contributed by atoms with Crippen molar-refractivity contribution < 1.29 is 9.18 Å². The summed E-state index contributed by atoms with van der Waals surface area (Å²) in [6, 6.07) is 4.20. The Balaban J connectivity index is 1.77. The number of hydrogen-bond acceptors (Lipinski definition) is 2. The van der Waals surface area contributed by atoms with Crippen molar-refractivity contribution in [3.8, 4) is 0 Å². The molecule has 0 spiro atoms. The van der Waals surface area contributed by atoms with E-state index in [1.54, 1.807) is 6.07 Å². The van der Waals surface area contributed by atoms with Crippen LogP contribution in [0, 0.1) is 11.7 Å². The highest BCUT2D eigenvalue weighted by Crippen LogP contribution is 2.27. The minimum absolute atomic E-state index is 0.0508. The zero-order valence-corrected chi connectivity index (χ0v) is 10.1. The fourth-order valence-corrected chi connectivity index (χ4v) is 1.61. The normalized spacial score (nSPS) is 14.7. The van der Waals surface area contributed by atoms with Crippen LogP contribution in [0.1, 0.15) is 12.8 Å². The summed E-state index contributed by atoms with van der Waals surface area (Å²) in [6.07, 6.45) is 2.49. The van der Waals surface area contributed by atoms with Crippen molar-refractivity contribution >= 4 is 23.2 Å². The van der Waals surface area contributed by atoms with Crippen molar-refractivity contribution in [2.75, 3.05) is 18.4 Å². The summed E-state index contributed by atoms with van der Waals surface area (Å²) in [5.74, 6) is 0.0264. The third kappa shape index (κ3) is 3.98. The van der Waals surface area contributed by atoms with Gasteiger partial charge >= 0.3 is 0 Å². The number of carbonyl (C=O) groups excluding carboxylic acids is 1. The summed E-state index contributed by atoms with van der Waals surface area (Å²) < 4.78 is 13.1. The van der Waals surface area contributed by atoms with E-state index < -0.39 is 5.82 Å². The summed E-state index contributed by atoms with van der Waals surface area (Å²) in [4.78, 5) is 11.5. The number of nitrogens with one attached hydrogen (secondary N) is 2. The first kappa shape index (κ1) is 12.3. The molecular weight excluding hydrogens is 243 g/mol. The van der Waals surface area contributed by atoms with E-state index in [1.807, 2.05) is 0 Å². The van der Waals surface area contributed by atoms with E-state index in [1.165, 1.54) is 25.0 Å². The number of halogens is 2. The molecule has 2 rings (SSSR count). The largest absolute Gasteiger partial charge is 0.325 e.